The second-order valence-corrected chi connectivity index (χ2v) is 7.57. The average molecular weight is 299 g/mol. The highest BCUT2D eigenvalue weighted by Gasteiger charge is 2.11. The Hall–Kier alpha value is -0.270. The monoisotopic (exact) mass is 299 g/mol. The Bertz CT molecular complexity index is 453. The molecule has 0 saturated heterocycles. The predicted molar refractivity (Wildman–Crippen MR) is 56.5 cm³/mol. The van der Waals surface area contributed by atoms with Crippen LogP contribution in [0.4, 0.5) is 0 Å². The standard InChI is InChI=1S/C2H7NO2S.C2H6O6S2/c1-2-6(3,4)5;3-9(4,5)1-2-10(6,7)8/h2H2,1H3,(H2,3,4,5);1-2H2,(H,3,4,5)(H,6,7,8). The quantitative estimate of drug-likeness (QED) is 0.503. The molecule has 0 aliphatic heterocycles. The van der Waals surface area contributed by atoms with Gasteiger partial charge in [0.2, 0.25) is 10.0 Å². The molecule has 0 aromatic rings. The smallest absolute Gasteiger partial charge is 0.265 e. The van der Waals surface area contributed by atoms with Gasteiger partial charge in [-0.3, -0.25) is 9.11 Å². The molecule has 4 N–H and O–H groups in total. The SMILES string of the molecule is CCS(N)(=O)=O.O=S(=O)(O)CCS(=O)(=O)O. The first kappa shape index (κ1) is 18.1. The maximum atomic E-state index is 9.86. The Labute approximate surface area is 94.2 Å². The van der Waals surface area contributed by atoms with E-state index >= 15 is 0 Å². The lowest BCUT2D eigenvalue weighted by molar-refractivity contribution is 0.472. The van der Waals surface area contributed by atoms with Crippen molar-refractivity contribution >= 4 is 30.3 Å². The van der Waals surface area contributed by atoms with Crippen molar-refractivity contribution in [3.63, 3.8) is 0 Å². The minimum absolute atomic E-state index is 0.0208. The molecule has 0 aromatic carbocycles. The molecule has 0 aromatic heterocycles. The molecule has 0 atom stereocenters. The highest BCUT2D eigenvalue weighted by molar-refractivity contribution is 7.89. The highest BCUT2D eigenvalue weighted by Crippen LogP contribution is 1.86. The third kappa shape index (κ3) is 23.5. The summed E-state index contributed by atoms with van der Waals surface area (Å²) < 4.78 is 74.9. The summed E-state index contributed by atoms with van der Waals surface area (Å²) in [5, 5.41) is 4.51. The van der Waals surface area contributed by atoms with Crippen molar-refractivity contribution in [1.29, 1.82) is 0 Å². The molecule has 0 spiro atoms. The minimum Gasteiger partial charge on any atom is -0.286 e. The predicted octanol–water partition coefficient (Wildman–Crippen LogP) is -1.94. The molecular weight excluding hydrogens is 286 g/mol. The zero-order chi connectivity index (χ0) is 13.6. The Morgan fingerprint density at radius 2 is 1.06 bits per heavy atom. The van der Waals surface area contributed by atoms with Crippen molar-refractivity contribution in [3.8, 4) is 0 Å². The van der Waals surface area contributed by atoms with Gasteiger partial charge in [0, 0.05) is 0 Å². The van der Waals surface area contributed by atoms with Gasteiger partial charge in [0.25, 0.3) is 20.2 Å². The van der Waals surface area contributed by atoms with Crippen LogP contribution in [0.2, 0.25) is 0 Å². The first-order chi connectivity index (χ1) is 6.77. The van der Waals surface area contributed by atoms with Gasteiger partial charge in [-0.15, -0.1) is 0 Å². The van der Waals surface area contributed by atoms with Gasteiger partial charge in [0.1, 0.15) is 0 Å². The maximum absolute atomic E-state index is 9.86. The number of rotatable bonds is 4. The molecule has 0 aliphatic rings. The van der Waals surface area contributed by atoms with E-state index in [1.165, 1.54) is 6.92 Å². The largest absolute Gasteiger partial charge is 0.286 e. The zero-order valence-electron chi connectivity index (χ0n) is 8.27. The number of sulfonamides is 1. The summed E-state index contributed by atoms with van der Waals surface area (Å²) in [5.41, 5.74) is 0. The Morgan fingerprint density at radius 3 is 1.12 bits per heavy atom. The summed E-state index contributed by atoms with van der Waals surface area (Å²) >= 11 is 0. The van der Waals surface area contributed by atoms with E-state index in [1.54, 1.807) is 0 Å². The molecule has 16 heavy (non-hydrogen) atoms. The van der Waals surface area contributed by atoms with Crippen LogP contribution in [-0.2, 0) is 30.3 Å². The van der Waals surface area contributed by atoms with Gasteiger partial charge < -0.3 is 0 Å². The summed E-state index contributed by atoms with van der Waals surface area (Å²) in [4.78, 5) is 0. The summed E-state index contributed by atoms with van der Waals surface area (Å²) in [6.07, 6.45) is 0. The first-order valence-electron chi connectivity index (χ1n) is 3.67. The van der Waals surface area contributed by atoms with E-state index < -0.39 is 41.8 Å². The second-order valence-electron chi connectivity index (χ2n) is 2.52. The van der Waals surface area contributed by atoms with Gasteiger partial charge in [-0.1, -0.05) is 0 Å². The summed E-state index contributed by atoms with van der Waals surface area (Å²) in [6.45, 7) is 1.50. The van der Waals surface area contributed by atoms with Crippen molar-refractivity contribution < 1.29 is 34.4 Å². The van der Waals surface area contributed by atoms with Crippen molar-refractivity contribution in [2.45, 2.75) is 6.92 Å². The number of nitrogens with two attached hydrogens (primary N) is 1. The van der Waals surface area contributed by atoms with Gasteiger partial charge in [-0.2, -0.15) is 16.8 Å². The van der Waals surface area contributed by atoms with E-state index in [2.05, 4.69) is 5.14 Å². The maximum Gasteiger partial charge on any atom is 0.265 e. The van der Waals surface area contributed by atoms with Crippen LogP contribution in [0, 0.1) is 0 Å². The molecule has 100 valence electrons. The average Bonchev–Trinajstić information content (AvgIpc) is 1.98. The topological polar surface area (TPSA) is 169 Å². The number of primary sulfonamides is 1. The Balaban J connectivity index is 0. The molecule has 0 saturated carbocycles. The minimum atomic E-state index is -4.30. The van der Waals surface area contributed by atoms with E-state index in [0.29, 0.717) is 0 Å². The van der Waals surface area contributed by atoms with Crippen LogP contribution in [-0.4, -0.2) is 51.6 Å². The van der Waals surface area contributed by atoms with Crippen molar-refractivity contribution in [2.24, 2.45) is 5.14 Å². The molecule has 12 heteroatoms. The van der Waals surface area contributed by atoms with E-state index in [9.17, 15) is 25.3 Å². The van der Waals surface area contributed by atoms with Crippen LogP contribution >= 0.6 is 0 Å². The molecule has 0 aliphatic carbocycles. The first-order valence-corrected chi connectivity index (χ1v) is 8.61. The highest BCUT2D eigenvalue weighted by atomic mass is 32.2. The van der Waals surface area contributed by atoms with Crippen LogP contribution in [0.3, 0.4) is 0 Å². The zero-order valence-corrected chi connectivity index (χ0v) is 10.7. The van der Waals surface area contributed by atoms with Gasteiger partial charge in [0.05, 0.1) is 17.3 Å². The fourth-order valence-electron chi connectivity index (χ4n) is 0.211. The number of hydrogen-bond acceptors (Lipinski definition) is 6. The fraction of sp³-hybridized carbons (Fsp3) is 1.00. The summed E-state index contributed by atoms with van der Waals surface area (Å²) in [6, 6.07) is 0. The third-order valence-corrected chi connectivity index (χ3v) is 3.50. The van der Waals surface area contributed by atoms with E-state index in [1.807, 2.05) is 0 Å². The van der Waals surface area contributed by atoms with Crippen LogP contribution in [0.15, 0.2) is 0 Å². The van der Waals surface area contributed by atoms with E-state index in [4.69, 9.17) is 9.11 Å². The number of hydrogen-bond donors (Lipinski definition) is 3. The lowest BCUT2D eigenvalue weighted by Crippen LogP contribution is -2.15. The van der Waals surface area contributed by atoms with Crippen LogP contribution in [0.25, 0.3) is 0 Å². The third-order valence-electron chi connectivity index (χ3n) is 1.00. The fourth-order valence-corrected chi connectivity index (χ4v) is 1.90. The van der Waals surface area contributed by atoms with Gasteiger partial charge in [-0.25, -0.2) is 13.6 Å². The summed E-state index contributed by atoms with van der Waals surface area (Å²) in [7, 11) is -11.8. The lowest BCUT2D eigenvalue weighted by Gasteiger charge is -1.92. The molecule has 0 rings (SSSR count). The van der Waals surface area contributed by atoms with Crippen LogP contribution in [0.5, 0.6) is 0 Å². The molecule has 9 nitrogen and oxygen atoms in total. The van der Waals surface area contributed by atoms with Crippen LogP contribution < -0.4 is 5.14 Å². The Morgan fingerprint density at radius 1 is 0.875 bits per heavy atom. The molecule has 0 unspecified atom stereocenters. The van der Waals surface area contributed by atoms with E-state index in [-0.39, 0.29) is 5.75 Å². The molecular formula is C4H13NO8S3. The summed E-state index contributed by atoms with van der Waals surface area (Å²) in [5.74, 6) is -1.94. The molecule has 0 amide bonds. The van der Waals surface area contributed by atoms with Gasteiger partial charge >= 0.3 is 0 Å². The van der Waals surface area contributed by atoms with Crippen molar-refractivity contribution in [1.82, 2.24) is 0 Å². The van der Waals surface area contributed by atoms with E-state index in [0.717, 1.165) is 0 Å². The van der Waals surface area contributed by atoms with Crippen LogP contribution in [0.1, 0.15) is 6.92 Å². The lowest BCUT2D eigenvalue weighted by atomic mass is 11.0. The molecule has 0 bridgehead atoms. The Kier molecular flexibility index (Phi) is 7.31. The normalized spacial score (nSPS) is 12.8. The van der Waals surface area contributed by atoms with Crippen molar-refractivity contribution in [3.05, 3.63) is 0 Å². The second kappa shape index (κ2) is 6.46. The van der Waals surface area contributed by atoms with Gasteiger partial charge in [-0.05, 0) is 6.92 Å². The molecule has 0 heterocycles. The molecule has 0 fully saturated rings. The molecule has 0 radical (unpaired) electrons. The van der Waals surface area contributed by atoms with Crippen molar-refractivity contribution in [2.75, 3.05) is 17.3 Å². The van der Waals surface area contributed by atoms with Gasteiger partial charge in [0.15, 0.2) is 0 Å².